The van der Waals surface area contributed by atoms with Crippen LogP contribution >= 0.6 is 0 Å². The van der Waals surface area contributed by atoms with Crippen LogP contribution in [0.2, 0.25) is 0 Å². The molecule has 136 valence electrons. The second-order valence-electron chi connectivity index (χ2n) is 6.52. The van der Waals surface area contributed by atoms with Crippen LogP contribution in [0.5, 0.6) is 11.5 Å². The summed E-state index contributed by atoms with van der Waals surface area (Å²) in [5, 5.41) is 13.4. The summed E-state index contributed by atoms with van der Waals surface area (Å²) in [5.41, 5.74) is 1.37. The highest BCUT2D eigenvalue weighted by Crippen LogP contribution is 2.34. The summed E-state index contributed by atoms with van der Waals surface area (Å²) in [6, 6.07) is 10.7. The van der Waals surface area contributed by atoms with E-state index in [0.29, 0.717) is 36.0 Å². The second kappa shape index (κ2) is 7.21. The quantitative estimate of drug-likeness (QED) is 0.884. The van der Waals surface area contributed by atoms with Gasteiger partial charge in [0.15, 0.2) is 11.5 Å². The molecule has 2 aliphatic heterocycles. The van der Waals surface area contributed by atoms with E-state index in [9.17, 15) is 9.90 Å². The zero-order valence-electron chi connectivity index (χ0n) is 14.3. The van der Waals surface area contributed by atoms with Crippen molar-refractivity contribution in [3.63, 3.8) is 0 Å². The molecule has 1 saturated heterocycles. The van der Waals surface area contributed by atoms with E-state index in [1.807, 2.05) is 18.2 Å². The lowest BCUT2D eigenvalue weighted by Gasteiger charge is -2.34. The number of aliphatic hydroxyl groups excluding tert-OH is 1. The standard InChI is InChI=1S/C19H21N3O4/c23-18(15-3-1-2-8-20-15)13-6-9-22(10-7-13)19(24)21-14-4-5-16-17(11-14)26-12-25-16/h1-5,8,11,13,18,23H,6-7,9-10,12H2,(H,21,24)/t18-/m0/s1. The minimum Gasteiger partial charge on any atom is -0.454 e. The van der Waals surface area contributed by atoms with Crippen molar-refractivity contribution in [1.82, 2.24) is 9.88 Å². The SMILES string of the molecule is O=C(Nc1ccc2c(c1)OCO2)N1CCC([C@H](O)c2ccccn2)CC1. The van der Waals surface area contributed by atoms with Crippen LogP contribution in [-0.4, -0.2) is 40.9 Å². The van der Waals surface area contributed by atoms with E-state index in [-0.39, 0.29) is 18.7 Å². The van der Waals surface area contributed by atoms with Crippen LogP contribution in [0.15, 0.2) is 42.6 Å². The number of rotatable bonds is 3. The number of nitrogens with zero attached hydrogens (tertiary/aromatic N) is 2. The largest absolute Gasteiger partial charge is 0.454 e. The zero-order chi connectivity index (χ0) is 17.9. The smallest absolute Gasteiger partial charge is 0.321 e. The molecular weight excluding hydrogens is 334 g/mol. The summed E-state index contributed by atoms with van der Waals surface area (Å²) in [5.74, 6) is 1.44. The van der Waals surface area contributed by atoms with E-state index in [1.165, 1.54) is 0 Å². The van der Waals surface area contributed by atoms with Crippen molar-refractivity contribution < 1.29 is 19.4 Å². The Balaban J connectivity index is 1.32. The first-order chi connectivity index (χ1) is 12.7. The third-order valence-electron chi connectivity index (χ3n) is 4.89. The molecule has 2 amide bonds. The number of pyridine rings is 1. The predicted molar refractivity (Wildman–Crippen MR) is 95.1 cm³/mol. The molecule has 7 nitrogen and oxygen atoms in total. The second-order valence-corrected chi connectivity index (χ2v) is 6.52. The molecule has 4 rings (SSSR count). The Bertz CT molecular complexity index is 776. The van der Waals surface area contributed by atoms with Gasteiger partial charge in [-0.25, -0.2) is 4.79 Å². The zero-order valence-corrected chi connectivity index (χ0v) is 14.3. The highest BCUT2D eigenvalue weighted by molar-refractivity contribution is 5.89. The van der Waals surface area contributed by atoms with Crippen molar-refractivity contribution >= 4 is 11.7 Å². The lowest BCUT2D eigenvalue weighted by atomic mass is 9.89. The number of hydrogen-bond acceptors (Lipinski definition) is 5. The number of aliphatic hydroxyl groups is 1. The number of ether oxygens (including phenoxy) is 2. The number of likely N-dealkylation sites (tertiary alicyclic amines) is 1. The maximum Gasteiger partial charge on any atom is 0.321 e. The normalized spacial score (nSPS) is 17.8. The summed E-state index contributed by atoms with van der Waals surface area (Å²) in [6.45, 7) is 1.41. The molecule has 1 atom stereocenters. The van der Waals surface area contributed by atoms with Crippen LogP contribution in [-0.2, 0) is 0 Å². The Morgan fingerprint density at radius 1 is 1.19 bits per heavy atom. The highest BCUT2D eigenvalue weighted by atomic mass is 16.7. The van der Waals surface area contributed by atoms with Gasteiger partial charge in [-0.3, -0.25) is 4.98 Å². The number of amides is 2. The van der Waals surface area contributed by atoms with Gasteiger partial charge >= 0.3 is 6.03 Å². The molecule has 0 bridgehead atoms. The molecule has 1 aromatic carbocycles. The van der Waals surface area contributed by atoms with Crippen molar-refractivity contribution in [2.45, 2.75) is 18.9 Å². The summed E-state index contributed by atoms with van der Waals surface area (Å²) in [7, 11) is 0. The first kappa shape index (κ1) is 16.7. The van der Waals surface area contributed by atoms with Crippen LogP contribution in [0.3, 0.4) is 0 Å². The third kappa shape index (κ3) is 3.43. The molecule has 1 fully saturated rings. The Morgan fingerprint density at radius 2 is 2.00 bits per heavy atom. The number of carbonyl (C=O) groups is 1. The molecule has 2 N–H and O–H groups in total. The first-order valence-electron chi connectivity index (χ1n) is 8.75. The average Bonchev–Trinajstić information content (AvgIpc) is 3.16. The van der Waals surface area contributed by atoms with Crippen molar-refractivity contribution in [2.75, 3.05) is 25.2 Å². The number of piperidine rings is 1. The Morgan fingerprint density at radius 3 is 2.77 bits per heavy atom. The molecule has 26 heavy (non-hydrogen) atoms. The first-order valence-corrected chi connectivity index (χ1v) is 8.75. The molecule has 0 aliphatic carbocycles. The molecule has 7 heteroatoms. The van der Waals surface area contributed by atoms with Gasteiger partial charge in [-0.05, 0) is 43.0 Å². The Labute approximate surface area is 151 Å². The lowest BCUT2D eigenvalue weighted by molar-refractivity contribution is 0.0652. The molecule has 0 radical (unpaired) electrons. The van der Waals surface area contributed by atoms with Gasteiger partial charge < -0.3 is 24.8 Å². The van der Waals surface area contributed by atoms with E-state index in [4.69, 9.17) is 9.47 Å². The summed E-state index contributed by atoms with van der Waals surface area (Å²) in [4.78, 5) is 18.5. The summed E-state index contributed by atoms with van der Waals surface area (Å²) in [6.07, 6.45) is 2.58. The fraction of sp³-hybridized carbons (Fsp3) is 0.368. The Kier molecular flexibility index (Phi) is 4.62. The minimum absolute atomic E-state index is 0.111. The van der Waals surface area contributed by atoms with Crippen molar-refractivity contribution in [2.24, 2.45) is 5.92 Å². The van der Waals surface area contributed by atoms with Crippen molar-refractivity contribution in [3.8, 4) is 11.5 Å². The fourth-order valence-corrected chi connectivity index (χ4v) is 3.39. The number of fused-ring (bicyclic) bond motifs is 1. The van der Waals surface area contributed by atoms with E-state index < -0.39 is 6.10 Å². The number of anilines is 1. The molecule has 1 aromatic heterocycles. The number of carbonyl (C=O) groups excluding carboxylic acids is 1. The highest BCUT2D eigenvalue weighted by Gasteiger charge is 2.29. The molecule has 2 aromatic rings. The molecule has 0 saturated carbocycles. The lowest BCUT2D eigenvalue weighted by Crippen LogP contribution is -2.42. The van der Waals surface area contributed by atoms with Gasteiger partial charge in [0.05, 0.1) is 11.8 Å². The number of benzene rings is 1. The van der Waals surface area contributed by atoms with E-state index in [2.05, 4.69) is 10.3 Å². The number of nitrogens with one attached hydrogen (secondary N) is 1. The molecule has 0 spiro atoms. The summed E-state index contributed by atoms with van der Waals surface area (Å²) >= 11 is 0. The van der Waals surface area contributed by atoms with Gasteiger partial charge in [-0.2, -0.15) is 0 Å². The van der Waals surface area contributed by atoms with Gasteiger partial charge in [-0.1, -0.05) is 6.07 Å². The van der Waals surface area contributed by atoms with Crippen LogP contribution in [0.25, 0.3) is 0 Å². The summed E-state index contributed by atoms with van der Waals surface area (Å²) < 4.78 is 10.6. The van der Waals surface area contributed by atoms with E-state index in [0.717, 1.165) is 12.8 Å². The van der Waals surface area contributed by atoms with Crippen molar-refractivity contribution in [1.29, 1.82) is 0 Å². The van der Waals surface area contributed by atoms with Crippen LogP contribution in [0, 0.1) is 5.92 Å². The minimum atomic E-state index is -0.588. The van der Waals surface area contributed by atoms with Gasteiger partial charge in [0.2, 0.25) is 6.79 Å². The van der Waals surface area contributed by atoms with Gasteiger partial charge in [0.1, 0.15) is 0 Å². The molecule has 3 heterocycles. The molecule has 2 aliphatic rings. The number of urea groups is 1. The fourth-order valence-electron chi connectivity index (χ4n) is 3.39. The van der Waals surface area contributed by atoms with E-state index >= 15 is 0 Å². The van der Waals surface area contributed by atoms with Crippen molar-refractivity contribution in [3.05, 3.63) is 48.3 Å². The maximum atomic E-state index is 12.5. The van der Waals surface area contributed by atoms with Gasteiger partial charge in [-0.15, -0.1) is 0 Å². The van der Waals surface area contributed by atoms with Crippen LogP contribution in [0.1, 0.15) is 24.6 Å². The molecule has 0 unspecified atom stereocenters. The number of aromatic nitrogens is 1. The van der Waals surface area contributed by atoms with E-state index in [1.54, 1.807) is 29.3 Å². The topological polar surface area (TPSA) is 83.9 Å². The molecular formula is C19H21N3O4. The predicted octanol–water partition coefficient (Wildman–Crippen LogP) is 2.79. The average molecular weight is 355 g/mol. The van der Waals surface area contributed by atoms with Crippen LogP contribution in [0.4, 0.5) is 10.5 Å². The van der Waals surface area contributed by atoms with Crippen LogP contribution < -0.4 is 14.8 Å². The van der Waals surface area contributed by atoms with Gasteiger partial charge in [0.25, 0.3) is 0 Å². The third-order valence-corrected chi connectivity index (χ3v) is 4.89. The monoisotopic (exact) mass is 355 g/mol. The number of hydrogen-bond donors (Lipinski definition) is 2. The van der Waals surface area contributed by atoms with Gasteiger partial charge in [0, 0.05) is 31.0 Å². The Hall–Kier alpha value is -2.80. The maximum absolute atomic E-state index is 12.5.